The van der Waals surface area contributed by atoms with Crippen molar-refractivity contribution in [2.45, 2.75) is 26.3 Å². The summed E-state index contributed by atoms with van der Waals surface area (Å²) in [4.78, 5) is 38.4. The van der Waals surface area contributed by atoms with E-state index in [1.165, 1.54) is 0 Å². The minimum Gasteiger partial charge on any atom is -0.505 e. The number of aliphatic hydroxyl groups excluding tert-OH is 1. The molecule has 1 N–H and O–H groups in total. The van der Waals surface area contributed by atoms with E-state index in [2.05, 4.69) is 9.97 Å². The molecular weight excluding hydrogens is 406 g/mol. The van der Waals surface area contributed by atoms with E-state index >= 15 is 0 Å². The Kier molecular flexibility index (Phi) is 5.80. The number of likely N-dealkylation sites (tertiary alicyclic amines) is 1. The number of hydrogen-bond donors (Lipinski definition) is 1. The Morgan fingerprint density at radius 3 is 2.56 bits per heavy atom. The number of amides is 1. The van der Waals surface area contributed by atoms with Gasteiger partial charge in [0.1, 0.15) is 11.3 Å². The highest BCUT2D eigenvalue weighted by Crippen LogP contribution is 2.39. The van der Waals surface area contributed by atoms with Gasteiger partial charge in [0.15, 0.2) is 5.76 Å². The first kappa shape index (κ1) is 21.7. The third-order valence-electron chi connectivity index (χ3n) is 5.81. The molecule has 166 valence electrons. The molecule has 8 heteroatoms. The van der Waals surface area contributed by atoms with Gasteiger partial charge in [0.25, 0.3) is 11.7 Å². The van der Waals surface area contributed by atoms with Crippen LogP contribution in [0.2, 0.25) is 0 Å². The van der Waals surface area contributed by atoms with Gasteiger partial charge < -0.3 is 14.9 Å². The lowest BCUT2D eigenvalue weighted by Gasteiger charge is -2.25. The van der Waals surface area contributed by atoms with Crippen molar-refractivity contribution in [1.82, 2.24) is 24.2 Å². The number of carbonyl (C=O) groups excluding carboxylic acids is 2. The summed E-state index contributed by atoms with van der Waals surface area (Å²) in [5, 5.41) is 11.4. The van der Waals surface area contributed by atoms with Gasteiger partial charge >= 0.3 is 0 Å². The van der Waals surface area contributed by atoms with Gasteiger partial charge in [0, 0.05) is 25.1 Å². The van der Waals surface area contributed by atoms with E-state index in [9.17, 15) is 14.7 Å². The first-order valence-electron chi connectivity index (χ1n) is 10.6. The van der Waals surface area contributed by atoms with Crippen LogP contribution in [0.4, 0.5) is 0 Å². The van der Waals surface area contributed by atoms with Crippen LogP contribution in [-0.2, 0) is 9.59 Å². The molecule has 0 unspecified atom stereocenters. The Hall–Kier alpha value is -3.52. The summed E-state index contributed by atoms with van der Waals surface area (Å²) in [6.07, 6.45) is 5.75. The molecule has 1 aliphatic rings. The molecule has 1 fully saturated rings. The van der Waals surface area contributed by atoms with Crippen LogP contribution in [0.1, 0.15) is 35.0 Å². The zero-order chi connectivity index (χ0) is 23.0. The minimum absolute atomic E-state index is 0.0810. The lowest BCUT2D eigenvalue weighted by molar-refractivity contribution is -0.139. The molecular formula is C24H27N5O3. The Morgan fingerprint density at radius 2 is 1.88 bits per heavy atom. The van der Waals surface area contributed by atoms with E-state index in [-0.39, 0.29) is 11.3 Å². The molecule has 0 spiro atoms. The van der Waals surface area contributed by atoms with Crippen LogP contribution in [0, 0.1) is 13.8 Å². The lowest BCUT2D eigenvalue weighted by atomic mass is 9.97. The van der Waals surface area contributed by atoms with Crippen molar-refractivity contribution in [3.05, 3.63) is 70.9 Å². The fourth-order valence-electron chi connectivity index (χ4n) is 4.29. The van der Waals surface area contributed by atoms with Crippen LogP contribution in [0.25, 0.3) is 11.4 Å². The molecule has 3 aromatic rings. The van der Waals surface area contributed by atoms with Gasteiger partial charge in [-0.15, -0.1) is 0 Å². The molecule has 1 aliphatic heterocycles. The number of pyridine rings is 2. The van der Waals surface area contributed by atoms with Crippen LogP contribution < -0.4 is 0 Å². The third-order valence-corrected chi connectivity index (χ3v) is 5.81. The molecule has 4 rings (SSSR count). The standard InChI is InChI=1S/C24H27N5O3/c1-15-7-5-13-28-19(16(2)26-23(15)28)21(30)18-20(17-8-10-25-11-9-17)29(24(32)22(18)31)14-6-12-27(3)4/h5,7-11,13,20,30H,6,12,14H2,1-4H3/b21-18+/t20-/m0/s1. The number of aromatic nitrogens is 3. The first-order valence-corrected chi connectivity index (χ1v) is 10.6. The molecule has 0 bridgehead atoms. The summed E-state index contributed by atoms with van der Waals surface area (Å²) in [5.41, 5.74) is 3.47. The molecule has 0 aliphatic carbocycles. The highest BCUT2D eigenvalue weighted by molar-refractivity contribution is 6.46. The van der Waals surface area contributed by atoms with Gasteiger partial charge in [0.2, 0.25) is 0 Å². The Bertz CT molecular complexity index is 1210. The van der Waals surface area contributed by atoms with Gasteiger partial charge in [-0.25, -0.2) is 4.98 Å². The van der Waals surface area contributed by atoms with Crippen LogP contribution >= 0.6 is 0 Å². The quantitative estimate of drug-likeness (QED) is 0.365. The maximum atomic E-state index is 13.2. The van der Waals surface area contributed by atoms with Crippen molar-refractivity contribution in [2.75, 3.05) is 27.2 Å². The normalized spacial score (nSPS) is 18.3. The average Bonchev–Trinajstić information content (AvgIpc) is 3.23. The van der Waals surface area contributed by atoms with Crippen LogP contribution in [0.5, 0.6) is 0 Å². The molecule has 0 radical (unpaired) electrons. The second-order valence-electron chi connectivity index (χ2n) is 8.36. The summed E-state index contributed by atoms with van der Waals surface area (Å²) >= 11 is 0. The van der Waals surface area contributed by atoms with Crippen molar-refractivity contribution < 1.29 is 14.7 Å². The van der Waals surface area contributed by atoms with E-state index in [1.807, 2.05) is 38.1 Å². The van der Waals surface area contributed by atoms with Gasteiger partial charge in [-0.3, -0.25) is 19.0 Å². The number of imidazole rings is 1. The Labute approximate surface area is 186 Å². The Balaban J connectivity index is 1.88. The summed E-state index contributed by atoms with van der Waals surface area (Å²) in [6, 6.07) is 6.66. The summed E-state index contributed by atoms with van der Waals surface area (Å²) in [6.45, 7) is 4.90. The number of rotatable bonds is 6. The summed E-state index contributed by atoms with van der Waals surface area (Å²) < 4.78 is 1.77. The van der Waals surface area contributed by atoms with E-state index in [0.717, 1.165) is 17.7 Å². The fourth-order valence-corrected chi connectivity index (χ4v) is 4.29. The largest absolute Gasteiger partial charge is 0.505 e. The zero-order valence-corrected chi connectivity index (χ0v) is 18.7. The van der Waals surface area contributed by atoms with Gasteiger partial charge in [-0.2, -0.15) is 0 Å². The predicted molar refractivity (Wildman–Crippen MR) is 121 cm³/mol. The number of carbonyl (C=O) groups is 2. The number of aliphatic hydroxyl groups is 1. The fraction of sp³-hybridized carbons (Fsp3) is 0.333. The maximum absolute atomic E-state index is 13.2. The smallest absolute Gasteiger partial charge is 0.295 e. The number of fused-ring (bicyclic) bond motifs is 1. The van der Waals surface area contributed by atoms with Crippen molar-refractivity contribution in [2.24, 2.45) is 0 Å². The van der Waals surface area contributed by atoms with Crippen molar-refractivity contribution in [1.29, 1.82) is 0 Å². The number of aryl methyl sites for hydroxylation is 2. The van der Waals surface area contributed by atoms with Crippen molar-refractivity contribution in [3.8, 4) is 0 Å². The average molecular weight is 434 g/mol. The van der Waals surface area contributed by atoms with E-state index in [1.54, 1.807) is 46.9 Å². The second kappa shape index (κ2) is 8.55. The highest BCUT2D eigenvalue weighted by atomic mass is 16.3. The maximum Gasteiger partial charge on any atom is 0.295 e. The molecule has 32 heavy (non-hydrogen) atoms. The van der Waals surface area contributed by atoms with Gasteiger partial charge in [-0.1, -0.05) is 6.07 Å². The van der Waals surface area contributed by atoms with Crippen LogP contribution in [0.3, 0.4) is 0 Å². The monoisotopic (exact) mass is 433 g/mol. The third kappa shape index (κ3) is 3.67. The topological polar surface area (TPSA) is 91.0 Å². The van der Waals surface area contributed by atoms with Crippen molar-refractivity contribution in [3.63, 3.8) is 0 Å². The second-order valence-corrected chi connectivity index (χ2v) is 8.36. The summed E-state index contributed by atoms with van der Waals surface area (Å²) in [7, 11) is 3.92. The predicted octanol–water partition coefficient (Wildman–Crippen LogP) is 2.72. The van der Waals surface area contributed by atoms with E-state index in [4.69, 9.17) is 0 Å². The molecule has 1 saturated heterocycles. The SMILES string of the molecule is Cc1nc2c(C)cccn2c1/C(O)=C1\C(=O)C(=O)N(CCCN(C)C)[C@H]1c1ccncc1. The minimum atomic E-state index is -0.685. The molecule has 1 amide bonds. The zero-order valence-electron chi connectivity index (χ0n) is 18.7. The van der Waals surface area contributed by atoms with E-state index < -0.39 is 17.7 Å². The molecule has 0 saturated carbocycles. The highest BCUT2D eigenvalue weighted by Gasteiger charge is 2.46. The van der Waals surface area contributed by atoms with Gasteiger partial charge in [-0.05, 0) is 70.2 Å². The molecule has 1 atom stereocenters. The molecule has 8 nitrogen and oxygen atoms in total. The lowest BCUT2D eigenvalue weighted by Crippen LogP contribution is -2.32. The number of Topliss-reactive ketones (excluding diaryl/α,β-unsaturated/α-hetero) is 1. The number of nitrogens with zero attached hydrogens (tertiary/aromatic N) is 5. The first-order chi connectivity index (χ1) is 15.3. The number of hydrogen-bond acceptors (Lipinski definition) is 6. The summed E-state index contributed by atoms with van der Waals surface area (Å²) in [5.74, 6) is -1.50. The van der Waals surface area contributed by atoms with Crippen molar-refractivity contribution >= 4 is 23.1 Å². The molecule has 3 aromatic heterocycles. The molecule has 4 heterocycles. The van der Waals surface area contributed by atoms with Crippen LogP contribution in [0.15, 0.2) is 48.4 Å². The van der Waals surface area contributed by atoms with Crippen LogP contribution in [-0.4, -0.2) is 68.2 Å². The number of ketones is 1. The Morgan fingerprint density at radius 1 is 1.16 bits per heavy atom. The van der Waals surface area contributed by atoms with Gasteiger partial charge in [0.05, 0.1) is 17.3 Å². The molecule has 0 aromatic carbocycles. The van der Waals surface area contributed by atoms with E-state index in [0.29, 0.717) is 30.0 Å².